The molecule has 0 saturated heterocycles. The van der Waals surface area contributed by atoms with Crippen LogP contribution < -0.4 is 10.2 Å². The van der Waals surface area contributed by atoms with Crippen molar-refractivity contribution < 1.29 is 13.9 Å². The van der Waals surface area contributed by atoms with Crippen molar-refractivity contribution in [2.75, 3.05) is 6.61 Å². The molecule has 1 N–H and O–H groups in total. The summed E-state index contributed by atoms with van der Waals surface area (Å²) in [6.45, 7) is 3.76. The summed E-state index contributed by atoms with van der Waals surface area (Å²) < 4.78 is 18.7. The second-order valence-electron chi connectivity index (χ2n) is 4.93. The molecule has 0 unspecified atom stereocenters. The van der Waals surface area contributed by atoms with E-state index >= 15 is 0 Å². The van der Waals surface area contributed by atoms with Crippen LogP contribution in [-0.4, -0.2) is 18.7 Å². The largest absolute Gasteiger partial charge is 0.484 e. The molecule has 5 heteroatoms. The number of hydrogen-bond donors (Lipinski definition) is 1. The molecule has 0 aliphatic rings. The quantitative estimate of drug-likeness (QED) is 0.682. The van der Waals surface area contributed by atoms with Gasteiger partial charge in [-0.3, -0.25) is 4.79 Å². The number of rotatable bonds is 5. The minimum atomic E-state index is -0.410. The lowest BCUT2D eigenvalue weighted by Crippen LogP contribution is -2.24. The standard InChI is InChI=1S/C17H17FN2O2/c1-12-7-13(2)9-15(8-12)22-11-17(21)20-19-10-14-5-3-4-6-16(14)18/h3-10H,11H2,1-2H3,(H,20,21)/b19-10+. The number of carbonyl (C=O) groups excluding carboxylic acids is 1. The first-order valence-corrected chi connectivity index (χ1v) is 6.82. The van der Waals surface area contributed by atoms with E-state index in [2.05, 4.69) is 10.5 Å². The summed E-state index contributed by atoms with van der Waals surface area (Å²) in [5.74, 6) is -0.176. The molecule has 0 atom stereocenters. The van der Waals surface area contributed by atoms with Crippen LogP contribution in [0.2, 0.25) is 0 Å². The summed E-state index contributed by atoms with van der Waals surface area (Å²) >= 11 is 0. The normalized spacial score (nSPS) is 10.7. The third-order valence-electron chi connectivity index (χ3n) is 2.86. The highest BCUT2D eigenvalue weighted by atomic mass is 19.1. The highest BCUT2D eigenvalue weighted by Crippen LogP contribution is 2.15. The van der Waals surface area contributed by atoms with E-state index < -0.39 is 11.7 Å². The number of aryl methyl sites for hydroxylation is 2. The van der Waals surface area contributed by atoms with Crippen molar-refractivity contribution in [2.45, 2.75) is 13.8 Å². The molecule has 2 aromatic rings. The Bertz CT molecular complexity index is 679. The van der Waals surface area contributed by atoms with Gasteiger partial charge in [0.15, 0.2) is 6.61 Å². The van der Waals surface area contributed by atoms with Crippen molar-refractivity contribution in [1.82, 2.24) is 5.43 Å². The topological polar surface area (TPSA) is 50.7 Å². The van der Waals surface area contributed by atoms with Crippen LogP contribution in [-0.2, 0) is 4.79 Å². The molecular formula is C17H17FN2O2. The number of amides is 1. The number of nitrogens with one attached hydrogen (secondary N) is 1. The molecule has 0 aliphatic carbocycles. The summed E-state index contributed by atoms with van der Waals surface area (Å²) in [5.41, 5.74) is 4.73. The Hall–Kier alpha value is -2.69. The maximum Gasteiger partial charge on any atom is 0.277 e. The van der Waals surface area contributed by atoms with Crippen molar-refractivity contribution in [3.63, 3.8) is 0 Å². The van der Waals surface area contributed by atoms with Crippen molar-refractivity contribution in [3.05, 3.63) is 65.0 Å². The predicted molar refractivity (Wildman–Crippen MR) is 83.5 cm³/mol. The van der Waals surface area contributed by atoms with Crippen molar-refractivity contribution in [3.8, 4) is 5.75 Å². The Balaban J connectivity index is 1.84. The van der Waals surface area contributed by atoms with Crippen LogP contribution in [0.5, 0.6) is 5.75 Å². The molecule has 114 valence electrons. The fourth-order valence-electron chi connectivity index (χ4n) is 1.95. The molecule has 0 bridgehead atoms. The highest BCUT2D eigenvalue weighted by molar-refractivity contribution is 5.83. The van der Waals surface area contributed by atoms with Gasteiger partial charge in [0.25, 0.3) is 5.91 Å². The van der Waals surface area contributed by atoms with Crippen LogP contribution in [0.15, 0.2) is 47.6 Å². The Labute approximate surface area is 128 Å². The van der Waals surface area contributed by atoms with E-state index in [0.717, 1.165) is 11.1 Å². The first kappa shape index (κ1) is 15.7. The summed E-state index contributed by atoms with van der Waals surface area (Å²) in [6, 6.07) is 11.9. The third-order valence-corrected chi connectivity index (χ3v) is 2.86. The van der Waals surface area contributed by atoms with Gasteiger partial charge in [-0.15, -0.1) is 0 Å². The predicted octanol–water partition coefficient (Wildman–Crippen LogP) is 2.97. The number of halogens is 1. The van der Waals surface area contributed by atoms with Gasteiger partial charge in [0.2, 0.25) is 0 Å². The number of benzene rings is 2. The van der Waals surface area contributed by atoms with Crippen molar-refractivity contribution >= 4 is 12.1 Å². The van der Waals surface area contributed by atoms with E-state index in [1.165, 1.54) is 12.3 Å². The molecule has 0 saturated carbocycles. The van der Waals surface area contributed by atoms with Gasteiger partial charge in [0, 0.05) is 5.56 Å². The van der Waals surface area contributed by atoms with Gasteiger partial charge in [-0.25, -0.2) is 9.82 Å². The number of hydrogen-bond acceptors (Lipinski definition) is 3. The molecule has 0 spiro atoms. The fourth-order valence-corrected chi connectivity index (χ4v) is 1.95. The average Bonchev–Trinajstić information content (AvgIpc) is 2.46. The zero-order valence-electron chi connectivity index (χ0n) is 12.5. The molecule has 0 aromatic heterocycles. The second-order valence-corrected chi connectivity index (χ2v) is 4.93. The number of ether oxygens (including phenoxy) is 1. The number of hydrazone groups is 1. The van der Waals surface area contributed by atoms with E-state index in [9.17, 15) is 9.18 Å². The summed E-state index contributed by atoms with van der Waals surface area (Å²) in [6.07, 6.45) is 1.25. The van der Waals surface area contributed by atoms with E-state index in [1.54, 1.807) is 18.2 Å². The van der Waals surface area contributed by atoms with E-state index in [1.807, 2.05) is 32.0 Å². The van der Waals surface area contributed by atoms with Crippen molar-refractivity contribution in [1.29, 1.82) is 0 Å². The maximum atomic E-state index is 13.3. The van der Waals surface area contributed by atoms with E-state index in [0.29, 0.717) is 11.3 Å². The molecule has 4 nitrogen and oxygen atoms in total. The lowest BCUT2D eigenvalue weighted by atomic mass is 10.1. The zero-order chi connectivity index (χ0) is 15.9. The van der Waals surface area contributed by atoms with Gasteiger partial charge in [-0.2, -0.15) is 5.10 Å². The zero-order valence-corrected chi connectivity index (χ0v) is 12.5. The van der Waals surface area contributed by atoms with Crippen LogP contribution in [0.25, 0.3) is 0 Å². The molecule has 0 aliphatic heterocycles. The van der Waals surface area contributed by atoms with Gasteiger partial charge in [0.05, 0.1) is 6.21 Å². The molecule has 1 amide bonds. The average molecular weight is 300 g/mol. The maximum absolute atomic E-state index is 13.3. The van der Waals surface area contributed by atoms with E-state index in [4.69, 9.17) is 4.74 Å². The lowest BCUT2D eigenvalue weighted by molar-refractivity contribution is -0.123. The van der Waals surface area contributed by atoms with Gasteiger partial charge in [-0.05, 0) is 43.2 Å². The Kier molecular flexibility index (Phi) is 5.25. The van der Waals surface area contributed by atoms with Crippen LogP contribution in [0.3, 0.4) is 0 Å². The summed E-state index contributed by atoms with van der Waals surface area (Å²) in [5, 5.41) is 3.71. The Morgan fingerprint density at radius 3 is 2.59 bits per heavy atom. The van der Waals surface area contributed by atoms with Crippen LogP contribution >= 0.6 is 0 Å². The first-order valence-electron chi connectivity index (χ1n) is 6.82. The Morgan fingerprint density at radius 1 is 1.23 bits per heavy atom. The molecular weight excluding hydrogens is 283 g/mol. The second kappa shape index (κ2) is 7.36. The number of nitrogens with zero attached hydrogens (tertiary/aromatic N) is 1. The van der Waals surface area contributed by atoms with Gasteiger partial charge in [-0.1, -0.05) is 24.3 Å². The molecule has 22 heavy (non-hydrogen) atoms. The number of carbonyl (C=O) groups is 1. The lowest BCUT2D eigenvalue weighted by Gasteiger charge is -2.07. The molecule has 0 fully saturated rings. The van der Waals surface area contributed by atoms with Crippen LogP contribution in [0.1, 0.15) is 16.7 Å². The summed E-state index contributed by atoms with van der Waals surface area (Å²) in [7, 11) is 0. The Morgan fingerprint density at radius 2 is 1.91 bits per heavy atom. The van der Waals surface area contributed by atoms with Gasteiger partial charge >= 0.3 is 0 Å². The van der Waals surface area contributed by atoms with Crippen LogP contribution in [0, 0.1) is 19.7 Å². The van der Waals surface area contributed by atoms with Gasteiger partial charge < -0.3 is 4.74 Å². The van der Waals surface area contributed by atoms with Crippen molar-refractivity contribution in [2.24, 2.45) is 5.10 Å². The minimum Gasteiger partial charge on any atom is -0.484 e. The minimum absolute atomic E-state index is 0.155. The molecule has 2 rings (SSSR count). The monoisotopic (exact) mass is 300 g/mol. The smallest absolute Gasteiger partial charge is 0.277 e. The van der Waals surface area contributed by atoms with Crippen LogP contribution in [0.4, 0.5) is 4.39 Å². The third kappa shape index (κ3) is 4.70. The van der Waals surface area contributed by atoms with Gasteiger partial charge in [0.1, 0.15) is 11.6 Å². The first-order chi connectivity index (χ1) is 10.5. The fraction of sp³-hybridized carbons (Fsp3) is 0.176. The molecule has 0 radical (unpaired) electrons. The SMILES string of the molecule is Cc1cc(C)cc(OCC(=O)N/N=C/c2ccccc2F)c1. The van der Waals surface area contributed by atoms with E-state index in [-0.39, 0.29) is 6.61 Å². The molecule has 2 aromatic carbocycles. The highest BCUT2D eigenvalue weighted by Gasteiger charge is 2.03. The summed E-state index contributed by atoms with van der Waals surface area (Å²) in [4.78, 5) is 11.6. The molecule has 0 heterocycles.